The summed E-state index contributed by atoms with van der Waals surface area (Å²) >= 11 is 12.4. The van der Waals surface area contributed by atoms with Crippen molar-refractivity contribution in [2.75, 3.05) is 32.8 Å². The van der Waals surface area contributed by atoms with Crippen LogP contribution in [0.1, 0.15) is 25.7 Å². The van der Waals surface area contributed by atoms with Crippen molar-refractivity contribution in [2.24, 2.45) is 17.6 Å². The molecular weight excluding hydrogens is 381 g/mol. The predicted octanol–water partition coefficient (Wildman–Crippen LogP) is 0.170. The highest BCUT2D eigenvalue weighted by Gasteiger charge is 2.45. The van der Waals surface area contributed by atoms with Crippen LogP contribution < -0.4 is 5.73 Å². The van der Waals surface area contributed by atoms with E-state index in [1.165, 1.54) is 0 Å². The van der Waals surface area contributed by atoms with E-state index in [-0.39, 0.29) is 54.4 Å². The second-order valence-electron chi connectivity index (χ2n) is 8.16. The van der Waals surface area contributed by atoms with E-state index in [1.54, 1.807) is 9.80 Å². The van der Waals surface area contributed by atoms with Crippen LogP contribution in [0.5, 0.6) is 0 Å². The highest BCUT2D eigenvalue weighted by atomic mass is 35.5. The molecular formula is C17H29Cl2N3O4. The summed E-state index contributed by atoms with van der Waals surface area (Å²) in [5.41, 5.74) is 5.31. The van der Waals surface area contributed by atoms with Crippen molar-refractivity contribution >= 4 is 29.2 Å². The van der Waals surface area contributed by atoms with Gasteiger partial charge in [-0.3, -0.25) is 0 Å². The van der Waals surface area contributed by atoms with Crippen molar-refractivity contribution in [3.8, 4) is 0 Å². The highest BCUT2D eigenvalue weighted by Crippen LogP contribution is 2.37. The minimum absolute atomic E-state index is 0.0605. The molecule has 1 saturated carbocycles. The predicted molar refractivity (Wildman–Crippen MR) is 99.3 cm³/mol. The third-order valence-corrected chi connectivity index (χ3v) is 7.33. The number of rotatable bonds is 3. The van der Waals surface area contributed by atoms with Gasteiger partial charge in [-0.15, -0.1) is 23.2 Å². The summed E-state index contributed by atoms with van der Waals surface area (Å²) < 4.78 is 0. The van der Waals surface area contributed by atoms with Crippen LogP contribution in [0.3, 0.4) is 0 Å². The molecule has 150 valence electrons. The van der Waals surface area contributed by atoms with Crippen LogP contribution in [-0.4, -0.2) is 92.4 Å². The number of hydrogen-bond donors (Lipinski definition) is 4. The first kappa shape index (κ1) is 20.4. The number of carbonyl (C=O) groups is 1. The van der Waals surface area contributed by atoms with Crippen LogP contribution in [0.25, 0.3) is 0 Å². The van der Waals surface area contributed by atoms with Gasteiger partial charge in [0.1, 0.15) is 5.60 Å². The Morgan fingerprint density at radius 1 is 1.15 bits per heavy atom. The number of aliphatic hydroxyl groups is 3. The second kappa shape index (κ2) is 7.97. The molecule has 0 aromatic carbocycles. The molecule has 2 aliphatic heterocycles. The largest absolute Gasteiger partial charge is 0.393 e. The number of piperidine rings is 1. The van der Waals surface area contributed by atoms with Gasteiger partial charge in [0.25, 0.3) is 0 Å². The van der Waals surface area contributed by atoms with E-state index in [4.69, 9.17) is 34.0 Å². The van der Waals surface area contributed by atoms with Crippen molar-refractivity contribution in [3.05, 3.63) is 0 Å². The van der Waals surface area contributed by atoms with E-state index in [1.807, 2.05) is 0 Å². The number of likely N-dealkylation sites (tertiary alicyclic amines) is 2. The van der Waals surface area contributed by atoms with Crippen LogP contribution in [0.4, 0.5) is 4.79 Å². The highest BCUT2D eigenvalue weighted by molar-refractivity contribution is 6.30. The molecule has 4 unspecified atom stereocenters. The third-order valence-electron chi connectivity index (χ3n) is 6.23. The van der Waals surface area contributed by atoms with Crippen molar-refractivity contribution in [2.45, 2.75) is 54.2 Å². The van der Waals surface area contributed by atoms with E-state index < -0.39 is 11.7 Å². The molecule has 0 radical (unpaired) electrons. The standard InChI is InChI=1S/C17H29Cl2N3O4/c18-12-5-11(14(24)6-13(12)19)15(20)10-1-3-21(4-2-10)16(25)22-7-17(26,8-22)9-23/h10-15,23-24,26H,1-9,20H2/t11?,12?,13?,14?,15-/m1/s1. The summed E-state index contributed by atoms with van der Waals surface area (Å²) in [5.74, 6) is 0.176. The first-order chi connectivity index (χ1) is 12.2. The number of amides is 2. The molecule has 26 heavy (non-hydrogen) atoms. The topological polar surface area (TPSA) is 110 Å². The lowest BCUT2D eigenvalue weighted by Crippen LogP contribution is -2.67. The molecule has 1 aliphatic carbocycles. The molecule has 0 aromatic rings. The van der Waals surface area contributed by atoms with Gasteiger partial charge >= 0.3 is 6.03 Å². The van der Waals surface area contributed by atoms with Crippen LogP contribution in [0, 0.1) is 11.8 Å². The Balaban J connectivity index is 1.48. The zero-order valence-electron chi connectivity index (χ0n) is 14.8. The fourth-order valence-corrected chi connectivity index (χ4v) is 5.05. The number of nitrogens with two attached hydrogens (primary N) is 1. The molecule has 0 aromatic heterocycles. The van der Waals surface area contributed by atoms with Crippen LogP contribution in [-0.2, 0) is 0 Å². The Bertz CT molecular complexity index is 512. The first-order valence-electron chi connectivity index (χ1n) is 9.33. The molecule has 3 fully saturated rings. The van der Waals surface area contributed by atoms with Gasteiger partial charge in [-0.2, -0.15) is 0 Å². The third kappa shape index (κ3) is 4.08. The summed E-state index contributed by atoms with van der Waals surface area (Å²) in [4.78, 5) is 15.8. The van der Waals surface area contributed by atoms with Gasteiger partial charge in [-0.25, -0.2) is 4.79 Å². The maximum absolute atomic E-state index is 12.4. The number of halogens is 2. The number of β-amino-alcohol motifs (C(OH)–C–C–N with tert-alkyl or cyclic N) is 1. The van der Waals surface area contributed by atoms with E-state index in [9.17, 15) is 15.0 Å². The van der Waals surface area contributed by atoms with Crippen molar-refractivity contribution in [3.63, 3.8) is 0 Å². The van der Waals surface area contributed by atoms with Gasteiger partial charge in [-0.1, -0.05) is 0 Å². The van der Waals surface area contributed by atoms with E-state index in [0.717, 1.165) is 12.8 Å². The smallest absolute Gasteiger partial charge is 0.320 e. The Labute approximate surface area is 164 Å². The fraction of sp³-hybridized carbons (Fsp3) is 0.941. The summed E-state index contributed by atoms with van der Waals surface area (Å²) in [6.07, 6.45) is 2.12. The molecule has 3 aliphatic rings. The fourth-order valence-electron chi connectivity index (χ4n) is 4.46. The SMILES string of the molecule is N[C@H](C1CCN(C(=O)N2CC(O)(CO)C2)CC1)C1CC(Cl)C(Cl)CC1O. The zero-order chi connectivity index (χ0) is 19.1. The summed E-state index contributed by atoms with van der Waals surface area (Å²) in [6.45, 7) is 1.23. The molecule has 0 spiro atoms. The molecule has 3 rings (SSSR count). The minimum Gasteiger partial charge on any atom is -0.393 e. The Hall–Kier alpha value is -0.310. The number of carbonyl (C=O) groups excluding carboxylic acids is 1. The Kier molecular flexibility index (Phi) is 6.26. The molecule has 2 heterocycles. The van der Waals surface area contributed by atoms with Gasteiger partial charge in [0.15, 0.2) is 0 Å². The van der Waals surface area contributed by atoms with Crippen LogP contribution in [0.15, 0.2) is 0 Å². The normalized spacial score (nSPS) is 36.5. The Morgan fingerprint density at radius 3 is 2.31 bits per heavy atom. The van der Waals surface area contributed by atoms with E-state index >= 15 is 0 Å². The van der Waals surface area contributed by atoms with Gasteiger partial charge in [-0.05, 0) is 31.6 Å². The minimum atomic E-state index is -1.15. The maximum Gasteiger partial charge on any atom is 0.320 e. The van der Waals surface area contributed by atoms with Gasteiger partial charge in [0.2, 0.25) is 0 Å². The molecule has 5 atom stereocenters. The average molecular weight is 410 g/mol. The van der Waals surface area contributed by atoms with Crippen molar-refractivity contribution in [1.29, 1.82) is 0 Å². The van der Waals surface area contributed by atoms with Gasteiger partial charge < -0.3 is 30.9 Å². The number of aliphatic hydroxyl groups excluding tert-OH is 2. The molecule has 2 saturated heterocycles. The molecule has 9 heteroatoms. The van der Waals surface area contributed by atoms with E-state index in [2.05, 4.69) is 0 Å². The number of hydrogen-bond acceptors (Lipinski definition) is 5. The van der Waals surface area contributed by atoms with Gasteiger partial charge in [0, 0.05) is 25.0 Å². The number of alkyl halides is 2. The van der Waals surface area contributed by atoms with Crippen LogP contribution in [0.2, 0.25) is 0 Å². The summed E-state index contributed by atoms with van der Waals surface area (Å²) in [6, 6.07) is -0.255. The summed E-state index contributed by atoms with van der Waals surface area (Å²) in [5, 5.41) is 28.9. The van der Waals surface area contributed by atoms with E-state index in [0.29, 0.717) is 25.9 Å². The lowest BCUT2D eigenvalue weighted by Gasteiger charge is -2.48. The first-order valence-corrected chi connectivity index (χ1v) is 10.2. The number of urea groups is 1. The quantitative estimate of drug-likeness (QED) is 0.496. The average Bonchev–Trinajstić information content (AvgIpc) is 2.61. The van der Waals surface area contributed by atoms with Crippen molar-refractivity contribution in [1.82, 2.24) is 9.80 Å². The number of nitrogens with zero attached hydrogens (tertiary/aromatic N) is 2. The van der Waals surface area contributed by atoms with Crippen LogP contribution >= 0.6 is 23.2 Å². The lowest BCUT2D eigenvalue weighted by molar-refractivity contribution is -0.111. The Morgan fingerprint density at radius 2 is 1.73 bits per heavy atom. The monoisotopic (exact) mass is 409 g/mol. The molecule has 5 N–H and O–H groups in total. The maximum atomic E-state index is 12.4. The zero-order valence-corrected chi connectivity index (χ0v) is 16.3. The molecule has 2 amide bonds. The summed E-state index contributed by atoms with van der Waals surface area (Å²) in [7, 11) is 0. The van der Waals surface area contributed by atoms with Gasteiger partial charge in [0.05, 0.1) is 36.6 Å². The molecule has 0 bridgehead atoms. The second-order valence-corrected chi connectivity index (χ2v) is 9.28. The van der Waals surface area contributed by atoms with Crippen molar-refractivity contribution < 1.29 is 20.1 Å². The lowest BCUT2D eigenvalue weighted by atomic mass is 9.74. The molecule has 7 nitrogen and oxygen atoms in total.